The van der Waals surface area contributed by atoms with Crippen LogP contribution < -0.4 is 14.8 Å². The highest BCUT2D eigenvalue weighted by molar-refractivity contribution is 5.96. The summed E-state index contributed by atoms with van der Waals surface area (Å²) in [5.41, 5.74) is 0.574. The van der Waals surface area contributed by atoms with Crippen molar-refractivity contribution in [2.75, 3.05) is 19.5 Å². The lowest BCUT2D eigenvalue weighted by Gasteiger charge is -2.41. The molecule has 2 fully saturated rings. The molecule has 4 aliphatic carbocycles. The molecule has 1 aromatic carbocycles. The summed E-state index contributed by atoms with van der Waals surface area (Å²) < 4.78 is 10.5. The van der Waals surface area contributed by atoms with Gasteiger partial charge >= 0.3 is 5.97 Å². The van der Waals surface area contributed by atoms with E-state index in [9.17, 15) is 14.7 Å². The number of rotatable bonds is 5. The van der Waals surface area contributed by atoms with E-state index in [2.05, 4.69) is 11.4 Å². The Labute approximate surface area is 145 Å². The van der Waals surface area contributed by atoms with Gasteiger partial charge in [0.1, 0.15) is 0 Å². The van der Waals surface area contributed by atoms with Crippen molar-refractivity contribution in [3.05, 3.63) is 30.4 Å². The average molecular weight is 343 g/mol. The number of hydrogen-bond acceptors (Lipinski definition) is 4. The maximum Gasteiger partial charge on any atom is 0.307 e. The van der Waals surface area contributed by atoms with E-state index in [-0.39, 0.29) is 17.7 Å². The van der Waals surface area contributed by atoms with Crippen LogP contribution in [0.5, 0.6) is 11.5 Å². The fourth-order valence-electron chi connectivity index (χ4n) is 4.71. The summed E-state index contributed by atoms with van der Waals surface area (Å²) in [5.74, 6) is -0.269. The van der Waals surface area contributed by atoms with Gasteiger partial charge in [-0.15, -0.1) is 0 Å². The van der Waals surface area contributed by atoms with Crippen LogP contribution in [0.4, 0.5) is 5.69 Å². The van der Waals surface area contributed by atoms with Crippen LogP contribution in [0.3, 0.4) is 0 Å². The summed E-state index contributed by atoms with van der Waals surface area (Å²) in [4.78, 5) is 24.7. The quantitative estimate of drug-likeness (QED) is 0.802. The third kappa shape index (κ3) is 2.47. The number of nitrogens with one attached hydrogen (secondary N) is 1. The van der Waals surface area contributed by atoms with Gasteiger partial charge in [-0.05, 0) is 42.2 Å². The highest BCUT2D eigenvalue weighted by atomic mass is 16.5. The Hall–Kier alpha value is -2.50. The minimum absolute atomic E-state index is 0.0198. The third-order valence-corrected chi connectivity index (χ3v) is 5.89. The number of amides is 1. The van der Waals surface area contributed by atoms with Gasteiger partial charge in [-0.2, -0.15) is 0 Å². The first-order chi connectivity index (χ1) is 12.0. The Kier molecular flexibility index (Phi) is 3.71. The molecular formula is C19H21NO5. The van der Waals surface area contributed by atoms with E-state index in [1.807, 2.05) is 6.08 Å². The average Bonchev–Trinajstić information content (AvgIpc) is 3.43. The maximum atomic E-state index is 12.9. The van der Waals surface area contributed by atoms with Gasteiger partial charge in [-0.3, -0.25) is 9.59 Å². The van der Waals surface area contributed by atoms with Gasteiger partial charge < -0.3 is 19.9 Å². The molecule has 2 bridgehead atoms. The second-order valence-corrected chi connectivity index (χ2v) is 7.05. The van der Waals surface area contributed by atoms with Crippen molar-refractivity contribution in [1.82, 2.24) is 0 Å². The molecule has 5 rings (SSSR count). The molecule has 1 amide bonds. The number of hydrogen-bond donors (Lipinski definition) is 2. The molecule has 132 valence electrons. The largest absolute Gasteiger partial charge is 0.493 e. The monoisotopic (exact) mass is 343 g/mol. The number of benzene rings is 1. The first-order valence-electron chi connectivity index (χ1n) is 8.49. The Balaban J connectivity index is 1.58. The predicted molar refractivity (Wildman–Crippen MR) is 90.5 cm³/mol. The Bertz CT molecular complexity index is 758. The van der Waals surface area contributed by atoms with Gasteiger partial charge in [0.2, 0.25) is 5.91 Å². The van der Waals surface area contributed by atoms with Gasteiger partial charge in [0.15, 0.2) is 11.5 Å². The smallest absolute Gasteiger partial charge is 0.307 e. The molecular weight excluding hydrogens is 322 g/mol. The van der Waals surface area contributed by atoms with E-state index >= 15 is 0 Å². The lowest BCUT2D eigenvalue weighted by atomic mass is 9.62. The van der Waals surface area contributed by atoms with Crippen LogP contribution in [-0.4, -0.2) is 31.2 Å². The van der Waals surface area contributed by atoms with Crippen LogP contribution in [0, 0.1) is 35.5 Å². The van der Waals surface area contributed by atoms with Crippen molar-refractivity contribution in [2.45, 2.75) is 6.42 Å². The zero-order valence-corrected chi connectivity index (χ0v) is 14.1. The molecule has 0 unspecified atom stereocenters. The van der Waals surface area contributed by atoms with Crippen molar-refractivity contribution in [2.24, 2.45) is 35.5 Å². The number of methoxy groups -OCH3 is 2. The van der Waals surface area contributed by atoms with Gasteiger partial charge in [0.25, 0.3) is 0 Å². The third-order valence-electron chi connectivity index (χ3n) is 5.89. The number of anilines is 1. The fraction of sp³-hybridized carbons (Fsp3) is 0.474. The minimum Gasteiger partial charge on any atom is -0.493 e. The molecule has 0 heterocycles. The highest BCUT2D eigenvalue weighted by Gasteiger charge is 2.62. The summed E-state index contributed by atoms with van der Waals surface area (Å²) in [7, 11) is 3.08. The van der Waals surface area contributed by atoms with Gasteiger partial charge in [-0.25, -0.2) is 0 Å². The standard InChI is InChI=1S/C19H21NO5/c1-24-14-6-3-9(7-15(14)25-2)20-18(21)16-10-4-5-11(13-8-12(10)13)17(16)19(22)23/h3-7,10-13,16-17H,8H2,1-2H3,(H,20,21)(H,22,23)/t10-,11-,12+,13-,16+,17+/m0/s1. The lowest BCUT2D eigenvalue weighted by Crippen LogP contribution is -2.48. The van der Waals surface area contributed by atoms with Crippen molar-refractivity contribution < 1.29 is 24.2 Å². The van der Waals surface area contributed by atoms with E-state index in [0.717, 1.165) is 6.42 Å². The summed E-state index contributed by atoms with van der Waals surface area (Å²) >= 11 is 0. The number of aliphatic carboxylic acids is 1. The van der Waals surface area contributed by atoms with Gasteiger partial charge in [-0.1, -0.05) is 12.2 Å². The molecule has 0 aromatic heterocycles. The molecule has 2 N–H and O–H groups in total. The molecule has 6 nitrogen and oxygen atoms in total. The zero-order chi connectivity index (χ0) is 17.7. The van der Waals surface area contributed by atoms with Crippen molar-refractivity contribution in [3.8, 4) is 11.5 Å². The zero-order valence-electron chi connectivity index (χ0n) is 14.1. The molecule has 25 heavy (non-hydrogen) atoms. The Morgan fingerprint density at radius 1 is 1.04 bits per heavy atom. The van der Waals surface area contributed by atoms with E-state index < -0.39 is 17.8 Å². The molecule has 4 aliphatic rings. The fourth-order valence-corrected chi connectivity index (χ4v) is 4.71. The van der Waals surface area contributed by atoms with Crippen LogP contribution in [-0.2, 0) is 9.59 Å². The first-order valence-corrected chi connectivity index (χ1v) is 8.49. The van der Waals surface area contributed by atoms with Gasteiger partial charge in [0, 0.05) is 11.8 Å². The molecule has 6 atom stereocenters. The molecule has 0 aliphatic heterocycles. The predicted octanol–water partition coefficient (Wildman–Crippen LogP) is 2.41. The van der Waals surface area contributed by atoms with Crippen molar-refractivity contribution in [1.29, 1.82) is 0 Å². The van der Waals surface area contributed by atoms with E-state index in [1.165, 1.54) is 7.11 Å². The molecule has 1 aromatic rings. The number of allylic oxidation sites excluding steroid dienone is 2. The summed E-state index contributed by atoms with van der Waals surface area (Å²) in [6.07, 6.45) is 5.10. The van der Waals surface area contributed by atoms with Crippen LogP contribution in [0.15, 0.2) is 30.4 Å². The SMILES string of the molecule is COc1ccc(NC(=O)[C@@H]2[C@H]3C=C[C@@H]([C@@H]4C[C@H]34)[C@H]2C(=O)O)cc1OC. The topological polar surface area (TPSA) is 84.9 Å². The van der Waals surface area contributed by atoms with E-state index in [4.69, 9.17) is 9.47 Å². The molecule has 2 saturated carbocycles. The number of carboxylic acids is 1. The number of carbonyl (C=O) groups is 2. The van der Waals surface area contributed by atoms with Gasteiger partial charge in [0.05, 0.1) is 26.1 Å². The summed E-state index contributed by atoms with van der Waals surface area (Å²) in [6.45, 7) is 0. The van der Waals surface area contributed by atoms with Crippen molar-refractivity contribution in [3.63, 3.8) is 0 Å². The highest BCUT2D eigenvalue weighted by Crippen LogP contribution is 2.63. The number of carboxylic acid groups (broad SMARTS) is 1. The number of fused-ring (bicyclic) bond motifs is 1. The van der Waals surface area contributed by atoms with Crippen LogP contribution in [0.2, 0.25) is 0 Å². The lowest BCUT2D eigenvalue weighted by molar-refractivity contribution is -0.152. The summed E-state index contributed by atoms with van der Waals surface area (Å²) in [5, 5.41) is 12.6. The number of ether oxygens (including phenoxy) is 2. The Morgan fingerprint density at radius 3 is 2.28 bits per heavy atom. The molecule has 0 saturated heterocycles. The second kappa shape index (κ2) is 5.79. The second-order valence-electron chi connectivity index (χ2n) is 7.05. The molecule has 0 radical (unpaired) electrons. The van der Waals surface area contributed by atoms with Crippen LogP contribution >= 0.6 is 0 Å². The molecule has 0 spiro atoms. The molecule has 6 heteroatoms. The van der Waals surface area contributed by atoms with E-state index in [0.29, 0.717) is 29.0 Å². The Morgan fingerprint density at radius 2 is 1.68 bits per heavy atom. The van der Waals surface area contributed by atoms with E-state index in [1.54, 1.807) is 25.3 Å². The van der Waals surface area contributed by atoms with Crippen LogP contribution in [0.25, 0.3) is 0 Å². The van der Waals surface area contributed by atoms with Crippen LogP contribution in [0.1, 0.15) is 6.42 Å². The number of carbonyl (C=O) groups excluding carboxylic acids is 1. The summed E-state index contributed by atoms with van der Waals surface area (Å²) in [6, 6.07) is 5.13. The maximum absolute atomic E-state index is 12.9. The normalized spacial score (nSPS) is 34.2. The minimum atomic E-state index is -0.878. The van der Waals surface area contributed by atoms with Crippen molar-refractivity contribution >= 4 is 17.6 Å². The first kappa shape index (κ1) is 16.0.